The summed E-state index contributed by atoms with van der Waals surface area (Å²) in [5, 5.41) is 10.2. The second kappa shape index (κ2) is 6.65. The minimum absolute atomic E-state index is 0.186. The van der Waals surface area contributed by atoms with Gasteiger partial charge in [-0.2, -0.15) is 0 Å². The van der Waals surface area contributed by atoms with Gasteiger partial charge in [0.2, 0.25) is 0 Å². The van der Waals surface area contributed by atoms with Gasteiger partial charge >= 0.3 is 0 Å². The number of benzene rings is 1. The lowest BCUT2D eigenvalue weighted by atomic mass is 10.0. The van der Waals surface area contributed by atoms with Crippen LogP contribution in [0.5, 0.6) is 5.75 Å². The zero-order chi connectivity index (χ0) is 14.7. The smallest absolute Gasteiger partial charge is 0.165 e. The summed E-state index contributed by atoms with van der Waals surface area (Å²) >= 11 is 6.65. The molecule has 1 heterocycles. The molecule has 1 unspecified atom stereocenters. The summed E-state index contributed by atoms with van der Waals surface area (Å²) in [5.41, 5.74) is 1.19. The van der Waals surface area contributed by atoms with Crippen molar-refractivity contribution in [3.63, 3.8) is 0 Å². The first-order valence-electron chi connectivity index (χ1n) is 5.82. The zero-order valence-electron chi connectivity index (χ0n) is 10.6. The summed E-state index contributed by atoms with van der Waals surface area (Å²) in [7, 11) is 1.41. The van der Waals surface area contributed by atoms with E-state index in [4.69, 9.17) is 4.74 Å². The predicted molar refractivity (Wildman–Crippen MR) is 81.3 cm³/mol. The number of halogens is 3. The number of nitrogens with zero attached hydrogens (tertiary/aromatic N) is 1. The molecule has 0 amide bonds. The Morgan fingerprint density at radius 1 is 1.35 bits per heavy atom. The van der Waals surface area contributed by atoms with E-state index < -0.39 is 11.9 Å². The third kappa shape index (κ3) is 3.56. The summed E-state index contributed by atoms with van der Waals surface area (Å²) in [6.45, 7) is 0. The van der Waals surface area contributed by atoms with Crippen molar-refractivity contribution < 1.29 is 14.2 Å². The van der Waals surface area contributed by atoms with E-state index in [1.54, 1.807) is 24.4 Å². The largest absolute Gasteiger partial charge is 0.494 e. The fourth-order valence-corrected chi connectivity index (χ4v) is 3.08. The van der Waals surface area contributed by atoms with Gasteiger partial charge in [0.15, 0.2) is 11.6 Å². The number of pyridine rings is 1. The normalized spacial score (nSPS) is 12.2. The lowest BCUT2D eigenvalue weighted by Crippen LogP contribution is -2.05. The van der Waals surface area contributed by atoms with Crippen molar-refractivity contribution in [3.8, 4) is 5.75 Å². The van der Waals surface area contributed by atoms with Gasteiger partial charge in [0.1, 0.15) is 6.10 Å². The van der Waals surface area contributed by atoms with Gasteiger partial charge in [-0.25, -0.2) is 4.39 Å². The Kier molecular flexibility index (Phi) is 5.12. The summed E-state index contributed by atoms with van der Waals surface area (Å²) in [6.07, 6.45) is 1.07. The number of aliphatic hydroxyl groups excluding tert-OH is 1. The molecule has 0 spiro atoms. The number of aromatic nitrogens is 1. The van der Waals surface area contributed by atoms with Gasteiger partial charge in [0, 0.05) is 21.6 Å². The molecule has 0 fully saturated rings. The SMILES string of the molecule is COc1ccc(CC(O)c2ncc(Br)cc2Br)cc1F. The van der Waals surface area contributed by atoms with Gasteiger partial charge < -0.3 is 9.84 Å². The van der Waals surface area contributed by atoms with Crippen LogP contribution in [0.3, 0.4) is 0 Å². The molecule has 0 saturated carbocycles. The van der Waals surface area contributed by atoms with E-state index in [2.05, 4.69) is 36.8 Å². The Bertz CT molecular complexity index is 622. The first-order chi connectivity index (χ1) is 9.51. The third-order valence-electron chi connectivity index (χ3n) is 2.80. The van der Waals surface area contributed by atoms with E-state index in [1.165, 1.54) is 13.2 Å². The molecule has 0 aliphatic carbocycles. The molecule has 0 aliphatic heterocycles. The molecule has 1 N–H and O–H groups in total. The summed E-state index contributed by atoms with van der Waals surface area (Å²) in [6, 6.07) is 6.42. The molecule has 6 heteroatoms. The van der Waals surface area contributed by atoms with Crippen LogP contribution in [-0.4, -0.2) is 17.2 Å². The Morgan fingerprint density at radius 3 is 2.70 bits per heavy atom. The third-order valence-corrected chi connectivity index (χ3v) is 3.87. The fraction of sp³-hybridized carbons (Fsp3) is 0.214. The van der Waals surface area contributed by atoms with E-state index in [1.807, 2.05) is 0 Å². The van der Waals surface area contributed by atoms with E-state index in [-0.39, 0.29) is 12.2 Å². The second-order valence-corrected chi connectivity index (χ2v) is 5.98. The molecular weight excluding hydrogens is 393 g/mol. The summed E-state index contributed by atoms with van der Waals surface area (Å²) in [5.74, 6) is -0.258. The van der Waals surface area contributed by atoms with Gasteiger partial charge in [-0.15, -0.1) is 0 Å². The molecule has 0 saturated heterocycles. The van der Waals surface area contributed by atoms with Crippen molar-refractivity contribution in [1.29, 1.82) is 0 Å². The van der Waals surface area contributed by atoms with Crippen molar-refractivity contribution in [3.05, 3.63) is 56.5 Å². The first-order valence-corrected chi connectivity index (χ1v) is 7.41. The Balaban J connectivity index is 2.18. The number of hydrogen-bond acceptors (Lipinski definition) is 3. The van der Waals surface area contributed by atoms with Crippen LogP contribution in [0.2, 0.25) is 0 Å². The molecule has 20 heavy (non-hydrogen) atoms. The lowest BCUT2D eigenvalue weighted by Gasteiger charge is -2.13. The topological polar surface area (TPSA) is 42.4 Å². The highest BCUT2D eigenvalue weighted by Crippen LogP contribution is 2.27. The van der Waals surface area contributed by atoms with Gasteiger partial charge in [-0.1, -0.05) is 6.07 Å². The molecular formula is C14H12Br2FNO2. The van der Waals surface area contributed by atoms with Crippen LogP contribution in [0, 0.1) is 5.82 Å². The monoisotopic (exact) mass is 403 g/mol. The van der Waals surface area contributed by atoms with Crippen LogP contribution in [0.15, 0.2) is 39.4 Å². The van der Waals surface area contributed by atoms with E-state index in [0.717, 1.165) is 4.47 Å². The molecule has 0 bridgehead atoms. The highest BCUT2D eigenvalue weighted by atomic mass is 79.9. The van der Waals surface area contributed by atoms with Crippen molar-refractivity contribution >= 4 is 31.9 Å². The Hall–Kier alpha value is -0.980. The maximum absolute atomic E-state index is 13.6. The highest BCUT2D eigenvalue weighted by Gasteiger charge is 2.15. The fourth-order valence-electron chi connectivity index (χ4n) is 1.83. The maximum atomic E-state index is 13.6. The summed E-state index contributed by atoms with van der Waals surface area (Å²) < 4.78 is 20.0. The van der Waals surface area contributed by atoms with Crippen molar-refractivity contribution in [2.75, 3.05) is 7.11 Å². The zero-order valence-corrected chi connectivity index (χ0v) is 13.8. The number of aliphatic hydroxyl groups is 1. The van der Waals surface area contributed by atoms with Crippen molar-refractivity contribution in [1.82, 2.24) is 4.98 Å². The molecule has 2 rings (SSSR count). The van der Waals surface area contributed by atoms with Gasteiger partial charge in [0.05, 0.1) is 12.8 Å². The number of methoxy groups -OCH3 is 1. The van der Waals surface area contributed by atoms with Crippen molar-refractivity contribution in [2.24, 2.45) is 0 Å². The molecule has 0 radical (unpaired) electrons. The van der Waals surface area contributed by atoms with Crippen molar-refractivity contribution in [2.45, 2.75) is 12.5 Å². The molecule has 1 aromatic heterocycles. The molecule has 2 aromatic rings. The van der Waals surface area contributed by atoms with E-state index in [0.29, 0.717) is 15.7 Å². The quantitative estimate of drug-likeness (QED) is 0.836. The average molecular weight is 405 g/mol. The van der Waals surface area contributed by atoms with Crippen LogP contribution in [0.1, 0.15) is 17.4 Å². The van der Waals surface area contributed by atoms with Crippen LogP contribution < -0.4 is 4.74 Å². The van der Waals surface area contributed by atoms with E-state index >= 15 is 0 Å². The summed E-state index contributed by atoms with van der Waals surface area (Å²) in [4.78, 5) is 4.17. The lowest BCUT2D eigenvalue weighted by molar-refractivity contribution is 0.172. The highest BCUT2D eigenvalue weighted by molar-refractivity contribution is 9.11. The first kappa shape index (κ1) is 15.4. The van der Waals surface area contributed by atoms with Crippen LogP contribution >= 0.6 is 31.9 Å². The van der Waals surface area contributed by atoms with Crippen LogP contribution in [0.25, 0.3) is 0 Å². The number of rotatable bonds is 4. The molecule has 0 aliphatic rings. The molecule has 3 nitrogen and oxygen atoms in total. The standard InChI is InChI=1S/C14H12Br2FNO2/c1-20-13-3-2-8(4-11(13)17)5-12(19)14-10(16)6-9(15)7-18-14/h2-4,6-7,12,19H,5H2,1H3. The Morgan fingerprint density at radius 2 is 2.10 bits per heavy atom. The maximum Gasteiger partial charge on any atom is 0.165 e. The number of ether oxygens (including phenoxy) is 1. The minimum atomic E-state index is -0.815. The molecule has 106 valence electrons. The molecule has 1 atom stereocenters. The molecule has 1 aromatic carbocycles. The average Bonchev–Trinajstić information content (AvgIpc) is 2.38. The van der Waals surface area contributed by atoms with Crippen LogP contribution in [0.4, 0.5) is 4.39 Å². The predicted octanol–water partition coefficient (Wildman–Crippen LogP) is 4.03. The number of hydrogen-bond donors (Lipinski definition) is 1. The van der Waals surface area contributed by atoms with Crippen LogP contribution in [-0.2, 0) is 6.42 Å². The second-order valence-electron chi connectivity index (χ2n) is 4.21. The minimum Gasteiger partial charge on any atom is -0.494 e. The van der Waals surface area contributed by atoms with Gasteiger partial charge in [-0.05, 0) is 55.6 Å². The van der Waals surface area contributed by atoms with E-state index in [9.17, 15) is 9.50 Å². The Labute approximate surface area is 133 Å². The van der Waals surface area contributed by atoms with Gasteiger partial charge in [-0.3, -0.25) is 4.98 Å². The van der Waals surface area contributed by atoms with Gasteiger partial charge in [0.25, 0.3) is 0 Å².